The summed E-state index contributed by atoms with van der Waals surface area (Å²) < 4.78 is 151. The van der Waals surface area contributed by atoms with Gasteiger partial charge in [-0.1, -0.05) is 25.5 Å². The maximum absolute atomic E-state index is 13.9. The quantitative estimate of drug-likeness (QED) is 0.166. The fourth-order valence-electron chi connectivity index (χ4n) is 3.95. The number of carbonyl (C=O) groups excluding carboxylic acids is 1. The van der Waals surface area contributed by atoms with E-state index in [1.165, 1.54) is 0 Å². The zero-order valence-corrected chi connectivity index (χ0v) is 20.0. The Hall–Kier alpha value is -1.55. The zero-order valence-electron chi connectivity index (χ0n) is 19.2. The predicted molar refractivity (Wildman–Crippen MR) is 107 cm³/mol. The first-order valence-corrected chi connectivity index (χ1v) is 12.4. The van der Waals surface area contributed by atoms with E-state index in [-0.39, 0.29) is 19.4 Å². The van der Waals surface area contributed by atoms with Crippen molar-refractivity contribution in [2.75, 3.05) is 6.54 Å². The highest BCUT2D eigenvalue weighted by Crippen LogP contribution is 2.55. The summed E-state index contributed by atoms with van der Waals surface area (Å²) >= 11 is 0. The fraction of sp³-hybridized carbons (Fsp3) is 0.850. The predicted octanol–water partition coefficient (Wildman–Crippen LogP) is 4.95. The van der Waals surface area contributed by atoms with Gasteiger partial charge in [0.25, 0.3) is 0 Å². The zero-order chi connectivity index (χ0) is 27.8. The minimum Gasteiger partial charge on any atom is -0.460 e. The Labute approximate surface area is 201 Å². The number of piperidine rings is 1. The topological polar surface area (TPSA) is 81.7 Å². The molecule has 2 fully saturated rings. The van der Waals surface area contributed by atoms with Gasteiger partial charge in [0, 0.05) is 6.42 Å². The molecule has 1 heterocycles. The lowest BCUT2D eigenvalue weighted by atomic mass is 9.99. The summed E-state index contributed by atoms with van der Waals surface area (Å²) in [6.07, 6.45) is -5.44. The molecule has 2 aliphatic rings. The average molecular weight is 563 g/mol. The lowest BCUT2D eigenvalue weighted by Gasteiger charge is -2.35. The molecule has 16 heteroatoms. The molecule has 4 atom stereocenters. The van der Waals surface area contributed by atoms with E-state index in [9.17, 15) is 52.7 Å². The highest BCUT2D eigenvalue weighted by Gasteiger charge is 2.86. The highest BCUT2D eigenvalue weighted by atomic mass is 32.2. The minimum absolute atomic E-state index is 0.0970. The summed E-state index contributed by atoms with van der Waals surface area (Å²) in [5.74, 6) is -15.8. The number of nitrogens with one attached hydrogen (secondary N) is 1. The van der Waals surface area contributed by atoms with Crippen molar-refractivity contribution < 1.29 is 61.6 Å². The number of ether oxygens (including phenoxy) is 1. The smallest absolute Gasteiger partial charge is 0.460 e. The summed E-state index contributed by atoms with van der Waals surface area (Å²) in [5.41, 5.74) is -1.14. The molecule has 4 unspecified atom stereocenters. The van der Waals surface area contributed by atoms with E-state index >= 15 is 0 Å². The molecule has 0 amide bonds. The van der Waals surface area contributed by atoms with Gasteiger partial charge in [0.1, 0.15) is 6.10 Å². The molecule has 36 heavy (non-hydrogen) atoms. The van der Waals surface area contributed by atoms with E-state index in [0.29, 0.717) is 19.3 Å². The van der Waals surface area contributed by atoms with Crippen LogP contribution in [0.3, 0.4) is 0 Å². The number of esters is 1. The van der Waals surface area contributed by atoms with Crippen LogP contribution in [0.15, 0.2) is 12.2 Å². The lowest BCUT2D eigenvalue weighted by Crippen LogP contribution is -2.63. The van der Waals surface area contributed by atoms with Crippen LogP contribution in [0.4, 0.5) is 39.5 Å². The molecule has 1 saturated carbocycles. The van der Waals surface area contributed by atoms with Crippen LogP contribution in [0.5, 0.6) is 0 Å². The van der Waals surface area contributed by atoms with Gasteiger partial charge in [-0.2, -0.15) is 47.9 Å². The molecule has 1 aliphatic carbocycles. The van der Waals surface area contributed by atoms with Crippen molar-refractivity contribution >= 4 is 16.1 Å². The Balaban J connectivity index is 2.12. The largest absolute Gasteiger partial charge is 0.460 e. The molecule has 1 saturated heterocycles. The second-order valence-corrected chi connectivity index (χ2v) is 10.4. The Morgan fingerprint density at radius 1 is 1.08 bits per heavy atom. The van der Waals surface area contributed by atoms with Crippen LogP contribution < -0.4 is 5.32 Å². The molecule has 0 aromatic heterocycles. The Kier molecular flexibility index (Phi) is 8.78. The van der Waals surface area contributed by atoms with Gasteiger partial charge in [-0.15, -0.1) is 0 Å². The summed E-state index contributed by atoms with van der Waals surface area (Å²) in [5, 5.41) is -4.01. The van der Waals surface area contributed by atoms with Crippen molar-refractivity contribution in [1.29, 1.82) is 0 Å². The maximum Gasteiger partial charge on any atom is 0.460 e. The molecule has 1 N–H and O–H groups in total. The Bertz CT molecular complexity index is 938. The third-order valence-corrected chi connectivity index (χ3v) is 7.53. The Morgan fingerprint density at radius 3 is 2.22 bits per heavy atom. The molecule has 210 valence electrons. The van der Waals surface area contributed by atoms with Crippen molar-refractivity contribution in [3.8, 4) is 0 Å². The van der Waals surface area contributed by atoms with E-state index in [1.54, 1.807) is 19.1 Å². The highest BCUT2D eigenvalue weighted by molar-refractivity contribution is 7.87. The number of halogens is 9. The minimum atomic E-state index is -7.37. The van der Waals surface area contributed by atoms with Gasteiger partial charge in [-0.05, 0) is 39.2 Å². The van der Waals surface area contributed by atoms with Crippen LogP contribution in [0.25, 0.3) is 0 Å². The van der Waals surface area contributed by atoms with Gasteiger partial charge in [0.2, 0.25) is 0 Å². The van der Waals surface area contributed by atoms with Crippen LogP contribution in [0.1, 0.15) is 52.4 Å². The van der Waals surface area contributed by atoms with Crippen molar-refractivity contribution in [3.05, 3.63) is 12.2 Å². The summed E-state index contributed by atoms with van der Waals surface area (Å²) in [6, 6.07) is 0. The van der Waals surface area contributed by atoms with E-state index in [1.807, 2.05) is 6.92 Å². The number of allylic oxidation sites excluding steroid dienone is 2. The summed E-state index contributed by atoms with van der Waals surface area (Å²) in [6.45, 7) is 3.49. The second-order valence-electron chi connectivity index (χ2n) is 8.83. The number of carbonyl (C=O) groups is 1. The van der Waals surface area contributed by atoms with Crippen molar-refractivity contribution in [3.63, 3.8) is 0 Å². The fourth-order valence-corrected chi connectivity index (χ4v) is 5.03. The van der Waals surface area contributed by atoms with Crippen LogP contribution >= 0.6 is 0 Å². The lowest BCUT2D eigenvalue weighted by molar-refractivity contribution is -0.382. The molecule has 0 aromatic rings. The van der Waals surface area contributed by atoms with Gasteiger partial charge in [-0.3, -0.25) is 8.98 Å². The molecule has 1 spiro atoms. The maximum atomic E-state index is 13.9. The van der Waals surface area contributed by atoms with Gasteiger partial charge in [0.15, 0.2) is 0 Å². The van der Waals surface area contributed by atoms with Crippen molar-refractivity contribution in [2.45, 2.75) is 93.4 Å². The molecular formula is C20H26F9NO5S. The summed E-state index contributed by atoms with van der Waals surface area (Å²) in [7, 11) is -6.96. The van der Waals surface area contributed by atoms with Gasteiger partial charge in [0.05, 0.1) is 17.6 Å². The molecule has 0 bridgehead atoms. The molecule has 6 nitrogen and oxygen atoms in total. The molecule has 0 aromatic carbocycles. The van der Waals surface area contributed by atoms with Crippen LogP contribution in [-0.4, -0.2) is 62.0 Å². The number of hydrogen-bond acceptors (Lipinski definition) is 6. The first-order valence-electron chi connectivity index (χ1n) is 11.0. The number of hydrogen-bond donors (Lipinski definition) is 1. The van der Waals surface area contributed by atoms with E-state index in [2.05, 4.69) is 9.50 Å². The third kappa shape index (κ3) is 5.64. The van der Waals surface area contributed by atoms with Crippen LogP contribution in [0, 0.1) is 5.92 Å². The third-order valence-electron chi connectivity index (χ3n) is 6.12. The van der Waals surface area contributed by atoms with Gasteiger partial charge >= 0.3 is 39.4 Å². The van der Waals surface area contributed by atoms with Gasteiger partial charge < -0.3 is 10.1 Å². The normalized spacial score (nSPS) is 26.9. The second kappa shape index (κ2) is 10.3. The van der Waals surface area contributed by atoms with Crippen LogP contribution in [0.2, 0.25) is 0 Å². The first-order chi connectivity index (χ1) is 16.3. The van der Waals surface area contributed by atoms with Crippen molar-refractivity contribution in [1.82, 2.24) is 5.32 Å². The van der Waals surface area contributed by atoms with Gasteiger partial charge in [-0.25, -0.2) is 0 Å². The molecule has 2 rings (SSSR count). The van der Waals surface area contributed by atoms with E-state index < -0.39 is 69.4 Å². The van der Waals surface area contributed by atoms with Crippen molar-refractivity contribution in [2.24, 2.45) is 5.92 Å². The monoisotopic (exact) mass is 563 g/mol. The molecular weight excluding hydrogens is 537 g/mol. The van der Waals surface area contributed by atoms with E-state index in [4.69, 9.17) is 4.74 Å². The van der Waals surface area contributed by atoms with E-state index in [0.717, 1.165) is 0 Å². The standard InChI is InChI=1S/C20H26F9NO5S/c1-3-5-7-12(6-4-2)15(31)34-14-11-16(14)10-13(8-9-30-16)35-36(32,33)20(28,29)18(23,24)17(21,22)19(25,26)27/h3,5,12-14,30H,4,6-11H2,1-2H3. The Morgan fingerprint density at radius 2 is 1.69 bits per heavy atom. The summed E-state index contributed by atoms with van der Waals surface area (Å²) in [4.78, 5) is 12.5. The average Bonchev–Trinajstić information content (AvgIpc) is 3.38. The first kappa shape index (κ1) is 30.7. The molecule has 0 radical (unpaired) electrons. The van der Waals surface area contributed by atoms with Crippen LogP contribution in [-0.2, 0) is 23.8 Å². The molecule has 1 aliphatic heterocycles. The SMILES string of the molecule is CC=CCC(CCC)C(=O)OC1CC12CC(OS(=O)(=O)C(F)(F)C(F)(F)C(F)(F)C(F)(F)F)CCN2. The number of alkyl halides is 9. The number of rotatable bonds is 11.